The Morgan fingerprint density at radius 2 is 1.37 bits per heavy atom. The van der Waals surface area contributed by atoms with Gasteiger partial charge in [-0.1, -0.05) is 110 Å². The van der Waals surface area contributed by atoms with Gasteiger partial charge in [-0.25, -0.2) is 9.66 Å². The molecular formula is C42H34F6N4O2. The summed E-state index contributed by atoms with van der Waals surface area (Å²) in [6.45, 7) is 2.28. The monoisotopic (exact) mass is 740 g/mol. The number of alkyl halides is 6. The highest BCUT2D eigenvalue weighted by molar-refractivity contribution is 6.07. The van der Waals surface area contributed by atoms with Crippen LogP contribution in [0.5, 0.6) is 0 Å². The molecule has 2 N–H and O–H groups in total. The van der Waals surface area contributed by atoms with Crippen LogP contribution in [0.4, 0.5) is 26.3 Å². The zero-order chi connectivity index (χ0) is 38.4. The smallest absolute Gasteiger partial charge is 0.346 e. The molecule has 0 spiro atoms. The largest absolute Gasteiger partial charge is 0.417 e. The number of hydrogen-bond acceptors (Lipinski definition) is 3. The Balaban J connectivity index is 1.42. The Labute approximate surface area is 306 Å². The molecule has 2 atom stereocenters. The molecule has 1 aliphatic carbocycles. The molecule has 1 aromatic heterocycles. The van der Waals surface area contributed by atoms with Crippen LogP contribution in [0.3, 0.4) is 0 Å². The predicted octanol–water partition coefficient (Wildman–Crippen LogP) is 10.0. The first-order chi connectivity index (χ1) is 25.7. The average molecular weight is 741 g/mol. The minimum Gasteiger partial charge on any atom is -0.346 e. The van der Waals surface area contributed by atoms with E-state index in [1.165, 1.54) is 16.8 Å². The number of amides is 2. The van der Waals surface area contributed by atoms with Crippen molar-refractivity contribution in [1.29, 1.82) is 0 Å². The molecule has 2 unspecified atom stereocenters. The van der Waals surface area contributed by atoms with E-state index < -0.39 is 53.2 Å². The van der Waals surface area contributed by atoms with E-state index >= 15 is 0 Å². The summed E-state index contributed by atoms with van der Waals surface area (Å²) in [4.78, 5) is 33.2. The van der Waals surface area contributed by atoms with E-state index in [4.69, 9.17) is 4.98 Å². The lowest BCUT2D eigenvalue weighted by Gasteiger charge is -2.33. The van der Waals surface area contributed by atoms with E-state index in [-0.39, 0.29) is 11.4 Å². The molecule has 1 aliphatic rings. The molecule has 2 amide bonds. The number of nitrogens with one attached hydrogen (secondary N) is 2. The zero-order valence-electron chi connectivity index (χ0n) is 29.1. The van der Waals surface area contributed by atoms with Crippen molar-refractivity contribution < 1.29 is 35.9 Å². The first-order valence-electron chi connectivity index (χ1n) is 17.3. The molecule has 12 heteroatoms. The van der Waals surface area contributed by atoms with Crippen LogP contribution in [0.25, 0.3) is 33.3 Å². The maximum Gasteiger partial charge on any atom is 0.417 e. The van der Waals surface area contributed by atoms with E-state index in [9.17, 15) is 35.9 Å². The van der Waals surface area contributed by atoms with Crippen molar-refractivity contribution in [2.75, 3.05) is 12.0 Å². The predicted molar refractivity (Wildman–Crippen MR) is 194 cm³/mol. The number of rotatable bonds is 9. The lowest BCUT2D eigenvalue weighted by molar-refractivity contribution is -0.138. The third kappa shape index (κ3) is 6.50. The SMILES string of the molecule is CCCC(C)(c1cccc2c1C(C(=O)NCC(F)(F)F)c1ccccc1-2)c1nc2ccccc2n1NC(=O)c1c(-c2ccccc2)cccc1C(F)(F)F. The number of para-hydroxylation sites is 2. The highest BCUT2D eigenvalue weighted by Gasteiger charge is 2.44. The van der Waals surface area contributed by atoms with Gasteiger partial charge in [0.1, 0.15) is 12.4 Å². The van der Waals surface area contributed by atoms with Gasteiger partial charge in [-0.3, -0.25) is 15.0 Å². The van der Waals surface area contributed by atoms with Crippen LogP contribution >= 0.6 is 0 Å². The minimum absolute atomic E-state index is 0.0802. The Bertz CT molecular complexity index is 2390. The number of benzene rings is 5. The fraction of sp³-hybridized carbons (Fsp3) is 0.214. The summed E-state index contributed by atoms with van der Waals surface area (Å²) in [7, 11) is 0. The number of halogens is 6. The topological polar surface area (TPSA) is 76.0 Å². The number of imidazole rings is 1. The van der Waals surface area contributed by atoms with Crippen molar-refractivity contribution in [3.63, 3.8) is 0 Å². The van der Waals surface area contributed by atoms with Gasteiger partial charge in [0.05, 0.1) is 33.5 Å². The maximum atomic E-state index is 14.6. The van der Waals surface area contributed by atoms with E-state index in [2.05, 4.69) is 10.7 Å². The van der Waals surface area contributed by atoms with Gasteiger partial charge in [0, 0.05) is 0 Å². The van der Waals surface area contributed by atoms with Crippen LogP contribution in [0, 0.1) is 0 Å². The average Bonchev–Trinajstić information content (AvgIpc) is 3.69. The summed E-state index contributed by atoms with van der Waals surface area (Å²) in [5.41, 5.74) is 4.26. The molecule has 54 heavy (non-hydrogen) atoms. The van der Waals surface area contributed by atoms with Gasteiger partial charge in [0.2, 0.25) is 5.91 Å². The summed E-state index contributed by atoms with van der Waals surface area (Å²) < 4.78 is 85.2. The molecule has 5 aromatic carbocycles. The minimum atomic E-state index is -4.87. The quantitative estimate of drug-likeness (QED) is 0.145. The molecule has 1 heterocycles. The van der Waals surface area contributed by atoms with Gasteiger partial charge in [-0.05, 0) is 70.5 Å². The standard InChI is InChI=1S/C42H34F6N4O2/c1-3-23-40(2,30-19-12-18-28-27-15-7-8-16-29(27)36(34(28)30)37(53)49-24-41(43,44)45)39-50-32-21-9-10-22-33(32)52(39)51-38(54)35-26(25-13-5-4-6-14-25)17-11-20-31(35)42(46,47)48/h4-22,36H,3,23-24H2,1-2H3,(H,49,53)(H,51,54). The van der Waals surface area contributed by atoms with Crippen LogP contribution in [0.1, 0.15) is 71.0 Å². The third-order valence-corrected chi connectivity index (χ3v) is 9.98. The van der Waals surface area contributed by atoms with Crippen molar-refractivity contribution >= 4 is 22.8 Å². The first-order valence-corrected chi connectivity index (χ1v) is 17.3. The Morgan fingerprint density at radius 1 is 0.741 bits per heavy atom. The number of carbonyl (C=O) groups is 2. The first kappa shape index (κ1) is 36.4. The van der Waals surface area contributed by atoms with Gasteiger partial charge >= 0.3 is 12.4 Å². The third-order valence-electron chi connectivity index (χ3n) is 9.98. The van der Waals surface area contributed by atoms with E-state index in [0.29, 0.717) is 57.3 Å². The molecule has 7 rings (SSSR count). The van der Waals surface area contributed by atoms with Gasteiger partial charge < -0.3 is 5.32 Å². The number of aromatic nitrogens is 2. The number of fused-ring (bicyclic) bond motifs is 4. The van der Waals surface area contributed by atoms with Gasteiger partial charge in [0.25, 0.3) is 5.91 Å². The highest BCUT2D eigenvalue weighted by Crippen LogP contribution is 2.51. The Hall–Kier alpha value is -5.91. The molecule has 0 aliphatic heterocycles. The van der Waals surface area contributed by atoms with E-state index in [1.54, 1.807) is 84.9 Å². The number of nitrogens with zero attached hydrogens (tertiary/aromatic N) is 2. The van der Waals surface area contributed by atoms with Crippen molar-refractivity contribution in [3.05, 3.63) is 149 Å². The van der Waals surface area contributed by atoms with Crippen LogP contribution in [-0.4, -0.2) is 34.2 Å². The fourth-order valence-electron chi connectivity index (χ4n) is 7.73. The molecule has 6 nitrogen and oxygen atoms in total. The van der Waals surface area contributed by atoms with Crippen molar-refractivity contribution in [2.24, 2.45) is 0 Å². The molecule has 276 valence electrons. The van der Waals surface area contributed by atoms with Gasteiger partial charge in [-0.15, -0.1) is 0 Å². The summed E-state index contributed by atoms with van der Waals surface area (Å²) in [5, 5.41) is 2.08. The Morgan fingerprint density at radius 3 is 2.07 bits per heavy atom. The summed E-state index contributed by atoms with van der Waals surface area (Å²) in [5.74, 6) is -2.70. The molecule has 0 radical (unpaired) electrons. The van der Waals surface area contributed by atoms with Crippen LogP contribution < -0.4 is 10.7 Å². The molecule has 6 aromatic rings. The lowest BCUT2D eigenvalue weighted by atomic mass is 9.73. The summed E-state index contributed by atoms with van der Waals surface area (Å²) in [6, 6.07) is 31.2. The van der Waals surface area contributed by atoms with Gasteiger partial charge in [-0.2, -0.15) is 26.3 Å². The Kier molecular flexibility index (Phi) is 9.33. The second-order valence-electron chi connectivity index (χ2n) is 13.5. The second-order valence-corrected chi connectivity index (χ2v) is 13.5. The number of hydrogen-bond donors (Lipinski definition) is 2. The van der Waals surface area contributed by atoms with Crippen molar-refractivity contribution in [2.45, 2.75) is 50.4 Å². The molecule has 0 saturated carbocycles. The van der Waals surface area contributed by atoms with E-state index in [0.717, 1.165) is 6.07 Å². The molecule has 0 bridgehead atoms. The summed E-state index contributed by atoms with van der Waals surface area (Å²) >= 11 is 0. The van der Waals surface area contributed by atoms with Crippen LogP contribution in [0.2, 0.25) is 0 Å². The lowest BCUT2D eigenvalue weighted by Crippen LogP contribution is -2.38. The normalized spacial score (nSPS) is 15.0. The second kappa shape index (κ2) is 13.8. The highest BCUT2D eigenvalue weighted by atomic mass is 19.4. The maximum absolute atomic E-state index is 14.6. The van der Waals surface area contributed by atoms with Crippen LogP contribution in [-0.2, 0) is 16.4 Å². The van der Waals surface area contributed by atoms with Gasteiger partial charge in [0.15, 0.2) is 0 Å². The molecular weight excluding hydrogens is 706 g/mol. The fourth-order valence-corrected chi connectivity index (χ4v) is 7.73. The zero-order valence-corrected chi connectivity index (χ0v) is 29.1. The van der Waals surface area contributed by atoms with Crippen molar-refractivity contribution in [1.82, 2.24) is 15.0 Å². The summed E-state index contributed by atoms with van der Waals surface area (Å²) in [6.07, 6.45) is -8.56. The van der Waals surface area contributed by atoms with Crippen molar-refractivity contribution in [3.8, 4) is 22.3 Å². The molecule has 0 saturated heterocycles. The number of carbonyl (C=O) groups excluding carboxylic acids is 2. The van der Waals surface area contributed by atoms with Crippen LogP contribution in [0.15, 0.2) is 115 Å². The van der Waals surface area contributed by atoms with E-state index in [1.807, 2.05) is 26.0 Å². The molecule has 0 fully saturated rings.